The number of phenolic OH excluding ortho intramolecular Hbond substituents is 1. The molecule has 17 nitrogen and oxygen atoms in total. The Bertz CT molecular complexity index is 2370. The zero-order chi connectivity index (χ0) is 36.5. The van der Waals surface area contributed by atoms with E-state index in [1.807, 2.05) is 0 Å². The third-order valence-electron chi connectivity index (χ3n) is 7.52. The zero-order valence-electron chi connectivity index (χ0n) is 26.6. The van der Waals surface area contributed by atoms with Crippen molar-refractivity contribution in [2.75, 3.05) is 14.7 Å². The Morgan fingerprint density at radius 1 is 0.686 bits per heavy atom. The van der Waals surface area contributed by atoms with Gasteiger partial charge in [0, 0.05) is 5.69 Å². The molecule has 3 N–H and O–H groups in total. The predicted octanol–water partition coefficient (Wildman–Crippen LogP) is 5.19. The Kier molecular flexibility index (Phi) is 9.26. The largest absolute Gasteiger partial charge is 0.506 e. The van der Waals surface area contributed by atoms with E-state index in [-0.39, 0.29) is 32.6 Å². The molecule has 0 aliphatic carbocycles. The molecule has 2 amide bonds. The Morgan fingerprint density at radius 2 is 1.22 bits per heavy atom. The number of rotatable bonds is 10. The molecule has 2 atom stereocenters. The number of anilines is 3. The minimum absolute atomic E-state index is 0.170. The molecular formula is C32H27N9O8S2. The highest BCUT2D eigenvalue weighted by Crippen LogP contribution is 2.32. The number of amides is 2. The van der Waals surface area contributed by atoms with E-state index < -0.39 is 44.0 Å². The summed E-state index contributed by atoms with van der Waals surface area (Å²) in [7, 11) is -8.59. The molecule has 19 heteroatoms. The molecular weight excluding hydrogens is 703 g/mol. The number of nitrogens with one attached hydrogen (secondary N) is 1. The van der Waals surface area contributed by atoms with Gasteiger partial charge in [-0.1, -0.05) is 18.2 Å². The van der Waals surface area contributed by atoms with Gasteiger partial charge in [0.15, 0.2) is 12.1 Å². The molecule has 0 aromatic heterocycles. The molecule has 0 fully saturated rings. The highest BCUT2D eigenvalue weighted by molar-refractivity contribution is 7.92. The summed E-state index contributed by atoms with van der Waals surface area (Å²) in [5.41, 5.74) is 1.79. The highest BCUT2D eigenvalue weighted by atomic mass is 32.2. The van der Waals surface area contributed by atoms with Crippen LogP contribution in [0.15, 0.2) is 138 Å². The van der Waals surface area contributed by atoms with Gasteiger partial charge in [0.2, 0.25) is 0 Å². The summed E-state index contributed by atoms with van der Waals surface area (Å²) in [5, 5.41) is 37.2. The summed E-state index contributed by atoms with van der Waals surface area (Å²) in [6.45, 7) is 3.18. The molecule has 0 saturated carbocycles. The molecule has 6 rings (SSSR count). The number of hydrogen-bond acceptors (Lipinski definition) is 13. The lowest BCUT2D eigenvalue weighted by Gasteiger charge is -2.12. The van der Waals surface area contributed by atoms with Gasteiger partial charge in [-0.05, 0) is 92.7 Å². The number of hydrazone groups is 2. The van der Waals surface area contributed by atoms with E-state index >= 15 is 0 Å². The number of benzene rings is 4. The van der Waals surface area contributed by atoms with Gasteiger partial charge in [-0.2, -0.15) is 49.1 Å². The standard InChI is InChI=1S/C32H27N9O8S2/c1-19-29(31(43)41(38-19)24-12-14-25(15-13-24)51(47,48)49)35-33-21-8-10-22(11-9-21)39-50(45,46)26-16-17-28(42)27(18-26)34-36-30-20(2)37-40(32(30)44)23-6-4-3-5-7-23/h3-18,29-30,39,42H,1-2H3,(H,47,48,49). The fourth-order valence-corrected chi connectivity index (χ4v) is 6.44. The number of phenols is 1. The second-order valence-corrected chi connectivity index (χ2v) is 14.2. The topological polar surface area (TPSA) is 236 Å². The number of sulfonamides is 1. The van der Waals surface area contributed by atoms with Crippen LogP contribution < -0.4 is 14.7 Å². The summed E-state index contributed by atoms with van der Waals surface area (Å²) >= 11 is 0. The Hall–Kier alpha value is -6.18. The van der Waals surface area contributed by atoms with Gasteiger partial charge in [0.25, 0.3) is 32.0 Å². The van der Waals surface area contributed by atoms with Gasteiger partial charge in [0.05, 0.1) is 38.3 Å². The number of carbonyl (C=O) groups excluding carboxylic acids is 2. The van der Waals surface area contributed by atoms with Crippen molar-refractivity contribution in [2.45, 2.75) is 35.7 Å². The minimum Gasteiger partial charge on any atom is -0.506 e. The molecule has 260 valence electrons. The van der Waals surface area contributed by atoms with Gasteiger partial charge in [0.1, 0.15) is 11.4 Å². The first-order valence-electron chi connectivity index (χ1n) is 14.9. The van der Waals surface area contributed by atoms with Crippen LogP contribution in [-0.4, -0.2) is 61.8 Å². The van der Waals surface area contributed by atoms with E-state index in [4.69, 9.17) is 0 Å². The van der Waals surface area contributed by atoms with Crippen molar-refractivity contribution in [1.29, 1.82) is 0 Å². The van der Waals surface area contributed by atoms with Crippen molar-refractivity contribution in [2.24, 2.45) is 30.7 Å². The average molecular weight is 730 g/mol. The maximum Gasteiger partial charge on any atom is 0.294 e. The van der Waals surface area contributed by atoms with Crippen LogP contribution in [0.2, 0.25) is 0 Å². The molecule has 2 unspecified atom stereocenters. The smallest absolute Gasteiger partial charge is 0.294 e. The third kappa shape index (κ3) is 7.39. The van der Waals surface area contributed by atoms with Crippen LogP contribution >= 0.6 is 0 Å². The molecule has 0 bridgehead atoms. The first-order valence-corrected chi connectivity index (χ1v) is 17.8. The summed E-state index contributed by atoms with van der Waals surface area (Å²) in [5.74, 6) is -1.35. The van der Waals surface area contributed by atoms with Crippen molar-refractivity contribution in [3.63, 3.8) is 0 Å². The zero-order valence-corrected chi connectivity index (χ0v) is 28.3. The number of azo groups is 2. The molecule has 0 radical (unpaired) electrons. The third-order valence-corrected chi connectivity index (χ3v) is 9.77. The molecule has 51 heavy (non-hydrogen) atoms. The average Bonchev–Trinajstić information content (AvgIpc) is 3.55. The van der Waals surface area contributed by atoms with Crippen molar-refractivity contribution in [3.05, 3.63) is 97.1 Å². The molecule has 0 spiro atoms. The summed E-state index contributed by atoms with van der Waals surface area (Å²) in [4.78, 5) is 25.3. The minimum atomic E-state index is -4.41. The van der Waals surface area contributed by atoms with Gasteiger partial charge in [-0.3, -0.25) is 18.9 Å². The first-order chi connectivity index (χ1) is 24.2. The number of hydrogen-bond donors (Lipinski definition) is 3. The van der Waals surface area contributed by atoms with Crippen LogP contribution in [0.3, 0.4) is 0 Å². The lowest BCUT2D eigenvalue weighted by Crippen LogP contribution is -2.29. The lowest BCUT2D eigenvalue weighted by atomic mass is 10.2. The van der Waals surface area contributed by atoms with Crippen LogP contribution in [0.25, 0.3) is 0 Å². The van der Waals surface area contributed by atoms with Crippen molar-refractivity contribution in [3.8, 4) is 5.75 Å². The highest BCUT2D eigenvalue weighted by Gasteiger charge is 2.36. The van der Waals surface area contributed by atoms with E-state index in [0.717, 1.165) is 29.3 Å². The molecule has 0 saturated heterocycles. The quantitative estimate of drug-likeness (QED) is 0.145. The normalized spacial score (nSPS) is 18.2. The van der Waals surface area contributed by atoms with Crippen molar-refractivity contribution >= 4 is 71.8 Å². The van der Waals surface area contributed by atoms with E-state index in [1.54, 1.807) is 44.2 Å². The van der Waals surface area contributed by atoms with Crippen LogP contribution in [-0.2, 0) is 29.7 Å². The number of aromatic hydroxyl groups is 1. The van der Waals surface area contributed by atoms with Gasteiger partial charge in [-0.25, -0.2) is 8.42 Å². The molecule has 2 aliphatic rings. The SMILES string of the molecule is CC1=NN(c2ccc(S(=O)(=O)O)cc2)C(=O)C1N=Nc1ccc(NS(=O)(=O)c2ccc(O)c(N=NC3C(=O)N(c4ccccc4)N=C3C)c2)cc1. The first kappa shape index (κ1) is 34.7. The fourth-order valence-electron chi connectivity index (χ4n) is 4.88. The van der Waals surface area contributed by atoms with Gasteiger partial charge in [-0.15, -0.1) is 0 Å². The Morgan fingerprint density at radius 3 is 1.78 bits per heavy atom. The Balaban J connectivity index is 1.11. The van der Waals surface area contributed by atoms with Crippen molar-refractivity contribution < 1.29 is 36.1 Å². The fraction of sp³-hybridized carbons (Fsp3) is 0.125. The van der Waals surface area contributed by atoms with Gasteiger partial charge >= 0.3 is 0 Å². The van der Waals surface area contributed by atoms with E-state index in [0.29, 0.717) is 22.8 Å². The maximum atomic E-state index is 13.2. The number of nitrogens with zero attached hydrogens (tertiary/aromatic N) is 8. The monoisotopic (exact) mass is 729 g/mol. The second-order valence-electron chi connectivity index (χ2n) is 11.1. The van der Waals surface area contributed by atoms with E-state index in [9.17, 15) is 36.1 Å². The maximum absolute atomic E-state index is 13.2. The summed E-state index contributed by atoms with van der Waals surface area (Å²) < 4.78 is 60.6. The number of para-hydroxylation sites is 1. The van der Waals surface area contributed by atoms with Crippen molar-refractivity contribution in [1.82, 2.24) is 0 Å². The van der Waals surface area contributed by atoms with Gasteiger partial charge < -0.3 is 5.11 Å². The van der Waals surface area contributed by atoms with E-state index in [2.05, 4.69) is 35.4 Å². The number of carbonyl (C=O) groups is 2. The second kappa shape index (κ2) is 13.6. The van der Waals surface area contributed by atoms with E-state index in [1.165, 1.54) is 47.5 Å². The van der Waals surface area contributed by atoms with Crippen LogP contribution in [0, 0.1) is 0 Å². The predicted molar refractivity (Wildman–Crippen MR) is 186 cm³/mol. The van der Waals surface area contributed by atoms with Crippen LogP contribution in [0.5, 0.6) is 5.75 Å². The summed E-state index contributed by atoms with van der Waals surface area (Å²) in [6.07, 6.45) is 0. The Labute approximate surface area is 291 Å². The van der Waals surface area contributed by atoms with Crippen LogP contribution in [0.1, 0.15) is 13.8 Å². The molecule has 4 aromatic carbocycles. The lowest BCUT2D eigenvalue weighted by molar-refractivity contribution is -0.118. The summed E-state index contributed by atoms with van der Waals surface area (Å²) in [6, 6.07) is 20.8. The molecule has 2 aliphatic heterocycles. The van der Waals surface area contributed by atoms with Crippen LogP contribution in [0.4, 0.5) is 28.4 Å². The molecule has 2 heterocycles. The molecule has 4 aromatic rings.